The number of carboxylic acids is 1. The van der Waals surface area contributed by atoms with Gasteiger partial charge in [0.05, 0.1) is 24.7 Å². The molecule has 0 aliphatic heterocycles. The van der Waals surface area contributed by atoms with Crippen LogP contribution in [0.1, 0.15) is 104 Å². The molecule has 41 nitrogen and oxygen atoms in total. The highest BCUT2D eigenvalue weighted by Crippen LogP contribution is 2.20. The van der Waals surface area contributed by atoms with Gasteiger partial charge in [-0.15, -0.1) is 0 Å². The summed E-state index contributed by atoms with van der Waals surface area (Å²) in [6.45, 7) is 5.48. The molecule has 0 aliphatic rings. The summed E-state index contributed by atoms with van der Waals surface area (Å²) in [6, 6.07) is -10.5. The minimum Gasteiger partial charge on any atom is -0.508 e. The van der Waals surface area contributed by atoms with Crippen molar-refractivity contribution in [3.05, 3.63) is 59.7 Å². The molecule has 109 heavy (non-hydrogen) atoms. The highest BCUT2D eigenvalue weighted by molar-refractivity contribution is 7.81. The van der Waals surface area contributed by atoms with Crippen molar-refractivity contribution in [3.8, 4) is 11.5 Å². The number of amides is 13. The van der Waals surface area contributed by atoms with E-state index in [2.05, 4.69) is 94.4 Å². The van der Waals surface area contributed by atoms with Crippen molar-refractivity contribution in [2.45, 2.75) is 207 Å². The minimum atomic E-state index is -1.93. The van der Waals surface area contributed by atoms with Gasteiger partial charge in [-0.2, -0.15) is 25.3 Å². The van der Waals surface area contributed by atoms with Gasteiger partial charge in [-0.05, 0) is 148 Å². The van der Waals surface area contributed by atoms with E-state index in [1.807, 2.05) is 0 Å². The number of phenols is 2. The number of benzene rings is 2. The Labute approximate surface area is 640 Å². The molecule has 0 fully saturated rings. The van der Waals surface area contributed by atoms with Crippen LogP contribution in [0.4, 0.5) is 0 Å². The third-order valence-corrected chi connectivity index (χ3v) is 17.1. The van der Waals surface area contributed by atoms with Gasteiger partial charge in [0.25, 0.3) is 0 Å². The third-order valence-electron chi connectivity index (χ3n) is 16.5. The Kier molecular flexibility index (Phi) is 41.9. The largest absolute Gasteiger partial charge is 0.508 e. The van der Waals surface area contributed by atoms with E-state index in [1.54, 1.807) is 0 Å². The summed E-state index contributed by atoms with van der Waals surface area (Å²) in [7, 11) is 0. The van der Waals surface area contributed by atoms with Gasteiger partial charge in [0, 0.05) is 29.9 Å². The molecule has 16 atom stereocenters. The van der Waals surface area contributed by atoms with Crippen LogP contribution in [0.5, 0.6) is 11.5 Å². The molecule has 34 N–H and O–H groups in total. The Hall–Kier alpha value is -9.73. The normalized spacial score (nSPS) is 15.7. The van der Waals surface area contributed by atoms with Crippen molar-refractivity contribution >= 4 is 114 Å². The fourth-order valence-corrected chi connectivity index (χ4v) is 10.8. The molecule has 0 spiro atoms. The number of guanidine groups is 1. The van der Waals surface area contributed by atoms with Gasteiger partial charge in [-0.1, -0.05) is 24.3 Å². The summed E-state index contributed by atoms with van der Waals surface area (Å²) in [5.41, 5.74) is 40.9. The maximum atomic E-state index is 14.4. The SMILES string of the molecule is C[C@@H](O)[C@H](N)C(=O)N[C@@H](Cc1ccc(O)cc1)C(=O)N[C@H](C(=O)N[C@@H](CC(N)=O)C(=O)N[C@@H](CCCNC(=N)N)C(=O)N[C@@H](CCN)C(=O)N[C@H](C(=O)N[C@H](CCN)C(=O)N[C@@H](CCCCN)C(=O)N[C@@H](CS)C(=O)N[C@@H](CCN)C(=O)N[C@H](C(=O)N[C@@H](Cc1ccc(O)cc1)C(=O)O)[C@@H](C)O)[C@@H](C)O)C(C)(C)S. The second-order valence-corrected chi connectivity index (χ2v) is 27.8. The number of thiol groups is 2. The first-order valence-electron chi connectivity index (χ1n) is 34.9. The topological polar surface area (TPSA) is 723 Å². The van der Waals surface area contributed by atoms with Crippen LogP contribution in [0.2, 0.25) is 0 Å². The lowest BCUT2D eigenvalue weighted by atomic mass is 9.99. The van der Waals surface area contributed by atoms with Crippen molar-refractivity contribution in [2.24, 2.45) is 40.1 Å². The number of hydrogen-bond donors (Lipinski definition) is 29. The molecule has 0 heterocycles. The van der Waals surface area contributed by atoms with Crippen LogP contribution >= 0.6 is 25.3 Å². The number of aliphatic hydroxyl groups is 3. The molecule has 610 valence electrons. The molecule has 2 aromatic carbocycles. The number of carboxylic acid groups (broad SMARTS) is 1. The standard InChI is InChI=1S/C66H109N21O20S2/c1-31(88)48(72)60(102)81-43(27-34-11-15-36(91)16-12-34)58(100)87-51(66(4,5)109)63(105)82-44(29-47(71)93)57(99)77-39(10-8-26-75-65(73)74)52(94)78-41(20-24-69)55(97)85-49(32(2)89)61(103)80-40(19-23-68)54(96)76-38(9-6-7-22-67)53(95)84-46(30-108)59(101)79-42(21-25-70)56(98)86-50(33(3)90)62(104)83-45(64(106)107)28-35-13-17-37(92)18-14-35/h11-18,31-33,38-46,48-51,88-92,108-109H,6-10,19-30,67-70,72H2,1-5H3,(H2,71,93)(H,76,96)(H,77,99)(H,78,94)(H,79,101)(H,80,103)(H,81,102)(H,82,105)(H,83,104)(H,84,95)(H,85,97)(H,86,98)(H,87,100)(H,106,107)(H4,73,74,75)/t31-,32-,33-,38+,39+,40-,41+,42+,43+,44+,45+,46+,48+,49+,50+,51-/m1/s1. The number of carbonyl (C=O) groups is 14. The number of rotatable bonds is 50. The average Bonchev–Trinajstić information content (AvgIpc) is 0.834. The number of phenolic OH excluding ortho intramolecular Hbond substituents is 2. The van der Waals surface area contributed by atoms with Crippen LogP contribution in [0.3, 0.4) is 0 Å². The third kappa shape index (κ3) is 34.2. The summed E-state index contributed by atoms with van der Waals surface area (Å²) < 4.78 is -1.50. The van der Waals surface area contributed by atoms with Crippen LogP contribution < -0.4 is 109 Å². The second-order valence-electron chi connectivity index (χ2n) is 26.3. The van der Waals surface area contributed by atoms with Gasteiger partial charge in [-0.3, -0.25) is 67.7 Å². The van der Waals surface area contributed by atoms with Gasteiger partial charge in [0.1, 0.15) is 90.0 Å². The molecule has 0 saturated carbocycles. The average molecular weight is 1580 g/mol. The zero-order chi connectivity index (χ0) is 82.6. The van der Waals surface area contributed by atoms with E-state index in [0.29, 0.717) is 17.5 Å². The lowest BCUT2D eigenvalue weighted by molar-refractivity contribution is -0.143. The van der Waals surface area contributed by atoms with Gasteiger partial charge < -0.3 is 140 Å². The molecule has 0 aliphatic carbocycles. The smallest absolute Gasteiger partial charge is 0.326 e. The number of primary amides is 1. The van der Waals surface area contributed by atoms with Gasteiger partial charge >= 0.3 is 5.97 Å². The zero-order valence-corrected chi connectivity index (χ0v) is 63.0. The Morgan fingerprint density at radius 2 is 0.771 bits per heavy atom. The predicted octanol–water partition coefficient (Wildman–Crippen LogP) is -9.79. The van der Waals surface area contributed by atoms with E-state index < -0.39 is 202 Å². The molecule has 0 saturated heterocycles. The number of aliphatic hydroxyl groups excluding tert-OH is 3. The van der Waals surface area contributed by atoms with Gasteiger partial charge in [-0.25, -0.2) is 4.79 Å². The van der Waals surface area contributed by atoms with Crippen LogP contribution in [-0.4, -0.2) is 259 Å². The van der Waals surface area contributed by atoms with Crippen molar-refractivity contribution in [1.29, 1.82) is 5.41 Å². The monoisotopic (exact) mass is 1580 g/mol. The summed E-state index contributed by atoms with van der Waals surface area (Å²) in [4.78, 5) is 193. The number of nitrogens with one attached hydrogen (secondary N) is 14. The number of hydrogen-bond acceptors (Lipinski definition) is 27. The highest BCUT2D eigenvalue weighted by Gasteiger charge is 2.41. The molecule has 0 aromatic heterocycles. The molecule has 0 bridgehead atoms. The lowest BCUT2D eigenvalue weighted by Gasteiger charge is -2.33. The second kappa shape index (κ2) is 47.9. The summed E-state index contributed by atoms with van der Waals surface area (Å²) in [5.74, 6) is -16.7. The summed E-state index contributed by atoms with van der Waals surface area (Å²) in [6.07, 6.45) is -7.12. The highest BCUT2D eigenvalue weighted by atomic mass is 32.1. The fraction of sp³-hybridized carbons (Fsp3) is 0.591. The van der Waals surface area contributed by atoms with E-state index in [9.17, 15) is 97.8 Å². The Morgan fingerprint density at radius 3 is 1.14 bits per heavy atom. The molecule has 43 heteroatoms. The number of carbonyl (C=O) groups excluding carboxylic acids is 13. The number of aliphatic carboxylic acids is 1. The van der Waals surface area contributed by atoms with Crippen molar-refractivity contribution in [1.82, 2.24) is 69.1 Å². The van der Waals surface area contributed by atoms with Crippen molar-refractivity contribution in [2.75, 3.05) is 38.5 Å². The van der Waals surface area contributed by atoms with E-state index in [0.717, 1.165) is 13.8 Å². The number of unbranched alkanes of at least 4 members (excludes halogenated alkanes) is 1. The molecular formula is C66H109N21O20S2. The van der Waals surface area contributed by atoms with Crippen LogP contribution in [0, 0.1) is 5.41 Å². The predicted molar refractivity (Wildman–Crippen MR) is 401 cm³/mol. The molecule has 0 radical (unpaired) electrons. The summed E-state index contributed by atoms with van der Waals surface area (Å²) in [5, 5.41) is 99.8. The van der Waals surface area contributed by atoms with Crippen LogP contribution in [-0.2, 0) is 80.0 Å². The molecule has 0 unspecified atom stereocenters. The Morgan fingerprint density at radius 1 is 0.431 bits per heavy atom. The van der Waals surface area contributed by atoms with E-state index in [4.69, 9.17) is 45.5 Å². The quantitative estimate of drug-likeness (QED) is 0.0127. The van der Waals surface area contributed by atoms with E-state index in [-0.39, 0.29) is 102 Å². The number of aromatic hydroxyl groups is 2. The van der Waals surface area contributed by atoms with E-state index in [1.165, 1.54) is 69.3 Å². The van der Waals surface area contributed by atoms with Crippen molar-refractivity contribution < 1.29 is 97.8 Å². The first-order chi connectivity index (χ1) is 51.1. The van der Waals surface area contributed by atoms with Crippen LogP contribution in [0.25, 0.3) is 0 Å². The first kappa shape index (κ1) is 95.3. The van der Waals surface area contributed by atoms with E-state index >= 15 is 0 Å². The molecule has 2 rings (SSSR count). The molecular weight excluding hydrogens is 1470 g/mol. The van der Waals surface area contributed by atoms with Gasteiger partial charge in [0.2, 0.25) is 76.8 Å². The maximum Gasteiger partial charge on any atom is 0.326 e. The zero-order valence-electron chi connectivity index (χ0n) is 61.2. The Bertz CT molecular complexity index is 3390. The Balaban J connectivity index is 2.42. The fourth-order valence-electron chi connectivity index (χ4n) is 10.4. The lowest BCUT2D eigenvalue weighted by Crippen LogP contribution is -2.64. The summed E-state index contributed by atoms with van der Waals surface area (Å²) >= 11 is 8.73. The first-order valence-corrected chi connectivity index (χ1v) is 35.9. The van der Waals surface area contributed by atoms with Crippen LogP contribution in [0.15, 0.2) is 48.5 Å². The van der Waals surface area contributed by atoms with Crippen molar-refractivity contribution in [3.63, 3.8) is 0 Å². The molecule has 2 aromatic rings. The minimum absolute atomic E-state index is 0.0392. The maximum absolute atomic E-state index is 14.4. The molecule has 13 amide bonds. The number of nitrogens with two attached hydrogens (primary N) is 7. The van der Waals surface area contributed by atoms with Gasteiger partial charge in [0.15, 0.2) is 5.96 Å².